The fourth-order valence-electron chi connectivity index (χ4n) is 3.40. The molecule has 2 heterocycles. The topological polar surface area (TPSA) is 101 Å². The first-order valence-electron chi connectivity index (χ1n) is 10.2. The van der Waals surface area contributed by atoms with Gasteiger partial charge in [0.25, 0.3) is 0 Å². The van der Waals surface area contributed by atoms with Crippen LogP contribution in [0.5, 0.6) is 0 Å². The van der Waals surface area contributed by atoms with E-state index in [1.807, 2.05) is 45.9 Å². The number of benzene rings is 2. The van der Waals surface area contributed by atoms with Crippen molar-refractivity contribution in [2.45, 2.75) is 45.1 Å². The molecule has 2 aromatic heterocycles. The minimum atomic E-state index is -3.90. The molecule has 0 radical (unpaired) electrons. The van der Waals surface area contributed by atoms with E-state index in [-0.39, 0.29) is 10.8 Å². The molecule has 0 aliphatic carbocycles. The van der Waals surface area contributed by atoms with Crippen LogP contribution >= 0.6 is 22.7 Å². The van der Waals surface area contributed by atoms with E-state index in [1.165, 1.54) is 28.7 Å². The second kappa shape index (κ2) is 8.86. The average Bonchev–Trinajstić information content (AvgIpc) is 3.27. The van der Waals surface area contributed by atoms with Gasteiger partial charge in [-0.15, -0.1) is 11.3 Å². The summed E-state index contributed by atoms with van der Waals surface area (Å²) in [6.45, 7) is 7.77. The van der Waals surface area contributed by atoms with Crippen LogP contribution in [0.25, 0.3) is 20.4 Å². The van der Waals surface area contributed by atoms with Crippen molar-refractivity contribution in [3.05, 3.63) is 47.0 Å². The van der Waals surface area contributed by atoms with Crippen LogP contribution < -0.4 is 10.0 Å². The standard InChI is InChI=1S/C22H24N4O3S3/c1-12(2)9-18(21(27)25-22-24-17-7-5-13(3)10-19(17)31-22)26-32(28,29)15-6-8-16-20(11-15)30-14(4)23-16/h5-8,10-12,18,26H,9H2,1-4H3,(H,24,25,27)/t18-/m1/s1. The molecule has 2 aromatic carbocycles. The van der Waals surface area contributed by atoms with Crippen molar-refractivity contribution < 1.29 is 13.2 Å². The van der Waals surface area contributed by atoms with E-state index in [1.54, 1.807) is 12.1 Å². The first kappa shape index (κ1) is 22.8. The molecule has 0 bridgehead atoms. The second-order valence-corrected chi connectivity index (χ2v) is 12.1. The predicted octanol–water partition coefficient (Wildman–Crippen LogP) is 4.85. The van der Waals surface area contributed by atoms with Crippen LogP contribution in [-0.2, 0) is 14.8 Å². The molecule has 2 N–H and O–H groups in total. The monoisotopic (exact) mass is 488 g/mol. The summed E-state index contributed by atoms with van der Waals surface area (Å²) in [5, 5.41) is 4.11. The largest absolute Gasteiger partial charge is 0.301 e. The van der Waals surface area contributed by atoms with Crippen molar-refractivity contribution in [1.82, 2.24) is 14.7 Å². The summed E-state index contributed by atoms with van der Waals surface area (Å²) >= 11 is 2.80. The third kappa shape index (κ3) is 4.98. The summed E-state index contributed by atoms with van der Waals surface area (Å²) < 4.78 is 30.5. The van der Waals surface area contributed by atoms with Gasteiger partial charge in [0.05, 0.1) is 30.3 Å². The molecule has 0 saturated carbocycles. The van der Waals surface area contributed by atoms with Crippen LogP contribution in [-0.4, -0.2) is 30.3 Å². The third-order valence-electron chi connectivity index (χ3n) is 4.87. The third-order valence-corrected chi connectivity index (χ3v) is 8.21. The fraction of sp³-hybridized carbons (Fsp3) is 0.318. The van der Waals surface area contributed by atoms with Gasteiger partial charge in [-0.2, -0.15) is 4.72 Å². The maximum atomic E-state index is 13.1. The Labute approximate surface area is 195 Å². The minimum absolute atomic E-state index is 0.109. The highest BCUT2D eigenvalue weighted by atomic mass is 32.2. The average molecular weight is 489 g/mol. The zero-order valence-corrected chi connectivity index (χ0v) is 20.6. The van der Waals surface area contributed by atoms with Gasteiger partial charge in [0.15, 0.2) is 5.13 Å². The van der Waals surface area contributed by atoms with E-state index in [9.17, 15) is 13.2 Å². The van der Waals surface area contributed by atoms with E-state index in [0.29, 0.717) is 11.6 Å². The molecule has 0 aliphatic heterocycles. The molecule has 4 rings (SSSR count). The molecule has 0 unspecified atom stereocenters. The smallest absolute Gasteiger partial charge is 0.244 e. The normalized spacial score (nSPS) is 13.2. The quantitative estimate of drug-likeness (QED) is 0.387. The van der Waals surface area contributed by atoms with E-state index >= 15 is 0 Å². The number of hydrogen-bond acceptors (Lipinski definition) is 7. The Morgan fingerprint density at radius 1 is 1.00 bits per heavy atom. The molecule has 168 valence electrons. The lowest BCUT2D eigenvalue weighted by Crippen LogP contribution is -2.44. The number of aryl methyl sites for hydroxylation is 2. The highest BCUT2D eigenvalue weighted by Crippen LogP contribution is 2.28. The molecule has 1 atom stereocenters. The number of sulfonamides is 1. The van der Waals surface area contributed by atoms with Crippen LogP contribution in [0.4, 0.5) is 5.13 Å². The van der Waals surface area contributed by atoms with Crippen molar-refractivity contribution in [3.8, 4) is 0 Å². The number of aromatic nitrogens is 2. The van der Waals surface area contributed by atoms with Gasteiger partial charge in [0.2, 0.25) is 15.9 Å². The zero-order valence-electron chi connectivity index (χ0n) is 18.2. The molecular weight excluding hydrogens is 464 g/mol. The maximum absolute atomic E-state index is 13.1. The lowest BCUT2D eigenvalue weighted by atomic mass is 10.0. The van der Waals surface area contributed by atoms with Crippen molar-refractivity contribution >= 4 is 64.2 Å². The van der Waals surface area contributed by atoms with E-state index in [0.717, 1.165) is 31.0 Å². The lowest BCUT2D eigenvalue weighted by Gasteiger charge is -2.19. The Morgan fingerprint density at radius 2 is 1.69 bits per heavy atom. The number of nitrogens with one attached hydrogen (secondary N) is 2. The van der Waals surface area contributed by atoms with Crippen molar-refractivity contribution in [1.29, 1.82) is 0 Å². The van der Waals surface area contributed by atoms with Crippen LogP contribution in [0.2, 0.25) is 0 Å². The number of hydrogen-bond donors (Lipinski definition) is 2. The zero-order chi connectivity index (χ0) is 23.0. The summed E-state index contributed by atoms with van der Waals surface area (Å²) in [7, 11) is -3.90. The Kier molecular flexibility index (Phi) is 6.30. The first-order valence-corrected chi connectivity index (χ1v) is 13.3. The molecule has 1 amide bonds. The molecular formula is C22H24N4O3S3. The lowest BCUT2D eigenvalue weighted by molar-refractivity contribution is -0.118. The molecule has 7 nitrogen and oxygen atoms in total. The van der Waals surface area contributed by atoms with Crippen LogP contribution in [0, 0.1) is 19.8 Å². The van der Waals surface area contributed by atoms with E-state index < -0.39 is 22.0 Å². The number of fused-ring (bicyclic) bond motifs is 2. The Bertz CT molecular complexity index is 1410. The molecule has 4 aromatic rings. The van der Waals surface area contributed by atoms with Gasteiger partial charge in [-0.25, -0.2) is 18.4 Å². The molecule has 10 heteroatoms. The number of amides is 1. The Hall–Kier alpha value is -2.40. The number of anilines is 1. The highest BCUT2D eigenvalue weighted by Gasteiger charge is 2.27. The van der Waals surface area contributed by atoms with Crippen LogP contribution in [0.1, 0.15) is 30.8 Å². The van der Waals surface area contributed by atoms with Gasteiger partial charge < -0.3 is 5.32 Å². The van der Waals surface area contributed by atoms with E-state index in [4.69, 9.17) is 0 Å². The highest BCUT2D eigenvalue weighted by molar-refractivity contribution is 7.89. The van der Waals surface area contributed by atoms with Crippen molar-refractivity contribution in [2.24, 2.45) is 5.92 Å². The molecule has 32 heavy (non-hydrogen) atoms. The molecule has 0 aliphatic rings. The summed E-state index contributed by atoms with van der Waals surface area (Å²) in [6, 6.07) is 9.76. The van der Waals surface area contributed by atoms with Gasteiger partial charge in [-0.3, -0.25) is 4.79 Å². The van der Waals surface area contributed by atoms with Gasteiger partial charge in [-0.1, -0.05) is 31.3 Å². The number of nitrogens with zero attached hydrogens (tertiary/aromatic N) is 2. The maximum Gasteiger partial charge on any atom is 0.244 e. The SMILES string of the molecule is Cc1ccc2nc(NC(=O)[C@@H](CC(C)C)NS(=O)(=O)c3ccc4nc(C)sc4c3)sc2c1. The Morgan fingerprint density at radius 3 is 2.44 bits per heavy atom. The molecule has 0 fully saturated rings. The van der Waals surface area contributed by atoms with E-state index in [2.05, 4.69) is 20.0 Å². The fourth-order valence-corrected chi connectivity index (χ4v) is 6.54. The van der Waals surface area contributed by atoms with Gasteiger partial charge in [0.1, 0.15) is 6.04 Å². The van der Waals surface area contributed by atoms with Crippen LogP contribution in [0.15, 0.2) is 41.3 Å². The summed E-state index contributed by atoms with van der Waals surface area (Å²) in [5.41, 5.74) is 2.66. The summed E-state index contributed by atoms with van der Waals surface area (Å²) in [5.74, 6) is -0.314. The van der Waals surface area contributed by atoms with Gasteiger partial charge >= 0.3 is 0 Å². The number of thiazole rings is 2. The van der Waals surface area contributed by atoms with Crippen molar-refractivity contribution in [2.75, 3.05) is 5.32 Å². The minimum Gasteiger partial charge on any atom is -0.301 e. The first-order chi connectivity index (χ1) is 15.1. The molecule has 0 saturated heterocycles. The number of rotatable bonds is 7. The van der Waals surface area contributed by atoms with Crippen LogP contribution in [0.3, 0.4) is 0 Å². The number of carbonyl (C=O) groups excluding carboxylic acids is 1. The Balaban J connectivity index is 1.57. The molecule has 0 spiro atoms. The van der Waals surface area contributed by atoms with Crippen molar-refractivity contribution in [3.63, 3.8) is 0 Å². The summed E-state index contributed by atoms with van der Waals surface area (Å²) in [4.78, 5) is 22.0. The number of carbonyl (C=O) groups is 1. The predicted molar refractivity (Wildman–Crippen MR) is 131 cm³/mol. The van der Waals surface area contributed by atoms with Gasteiger partial charge in [-0.05, 0) is 62.1 Å². The second-order valence-electron chi connectivity index (χ2n) is 8.15. The summed E-state index contributed by atoms with van der Waals surface area (Å²) in [6.07, 6.45) is 0.358. The van der Waals surface area contributed by atoms with Gasteiger partial charge in [0, 0.05) is 0 Å².